The topological polar surface area (TPSA) is 54.0 Å². The van der Waals surface area contributed by atoms with Gasteiger partial charge in [0.1, 0.15) is 0 Å². The third kappa shape index (κ3) is 1.75. The standard InChI is InChI=1S/C10H13N3O/c1-7-10(14)12-6-9(13-7)8-4-2-3-5-11-8/h2-5,7,9,13H,6H2,1H3,(H,12,14)/t7-,9?/m0/s1. The monoisotopic (exact) mass is 191 g/mol. The van der Waals surface area contributed by atoms with Gasteiger partial charge in [-0.15, -0.1) is 0 Å². The molecule has 2 atom stereocenters. The van der Waals surface area contributed by atoms with Crippen LogP contribution < -0.4 is 10.6 Å². The molecule has 2 rings (SSSR count). The zero-order valence-corrected chi connectivity index (χ0v) is 8.03. The molecule has 1 amide bonds. The van der Waals surface area contributed by atoms with Crippen LogP contribution in [0.1, 0.15) is 18.7 Å². The lowest BCUT2D eigenvalue weighted by atomic mass is 10.1. The SMILES string of the molecule is C[C@@H]1NC(c2ccccn2)CNC1=O. The number of nitrogens with zero attached hydrogens (tertiary/aromatic N) is 1. The lowest BCUT2D eigenvalue weighted by Crippen LogP contribution is -2.53. The first-order chi connectivity index (χ1) is 6.77. The van der Waals surface area contributed by atoms with Crippen LogP contribution in [0.3, 0.4) is 0 Å². The molecule has 1 aromatic heterocycles. The van der Waals surface area contributed by atoms with Gasteiger partial charge in [-0.1, -0.05) is 6.07 Å². The van der Waals surface area contributed by atoms with Gasteiger partial charge in [0.25, 0.3) is 0 Å². The molecule has 1 aliphatic heterocycles. The molecule has 74 valence electrons. The maximum absolute atomic E-state index is 11.2. The summed E-state index contributed by atoms with van der Waals surface area (Å²) in [5.74, 6) is 0.0529. The Kier molecular flexibility index (Phi) is 2.45. The third-order valence-electron chi connectivity index (χ3n) is 2.37. The number of carbonyl (C=O) groups is 1. The van der Waals surface area contributed by atoms with Crippen LogP contribution >= 0.6 is 0 Å². The highest BCUT2D eigenvalue weighted by Crippen LogP contribution is 2.12. The van der Waals surface area contributed by atoms with Crippen molar-refractivity contribution in [1.82, 2.24) is 15.6 Å². The zero-order valence-electron chi connectivity index (χ0n) is 8.03. The van der Waals surface area contributed by atoms with Crippen LogP contribution in [0.2, 0.25) is 0 Å². The van der Waals surface area contributed by atoms with Crippen molar-refractivity contribution >= 4 is 5.91 Å². The van der Waals surface area contributed by atoms with Gasteiger partial charge in [0.2, 0.25) is 5.91 Å². The largest absolute Gasteiger partial charge is 0.353 e. The summed E-state index contributed by atoms with van der Waals surface area (Å²) in [6.45, 7) is 2.46. The molecule has 0 aliphatic carbocycles. The van der Waals surface area contributed by atoms with E-state index in [9.17, 15) is 4.79 Å². The number of aromatic nitrogens is 1. The summed E-state index contributed by atoms with van der Waals surface area (Å²) in [6.07, 6.45) is 1.76. The molecular formula is C10H13N3O. The first-order valence-corrected chi connectivity index (χ1v) is 4.72. The van der Waals surface area contributed by atoms with E-state index in [0.29, 0.717) is 6.54 Å². The van der Waals surface area contributed by atoms with E-state index in [2.05, 4.69) is 15.6 Å². The fourth-order valence-electron chi connectivity index (χ4n) is 1.56. The van der Waals surface area contributed by atoms with Crippen molar-refractivity contribution in [1.29, 1.82) is 0 Å². The number of carbonyl (C=O) groups excluding carboxylic acids is 1. The molecule has 4 nitrogen and oxygen atoms in total. The summed E-state index contributed by atoms with van der Waals surface area (Å²) in [4.78, 5) is 15.4. The number of rotatable bonds is 1. The van der Waals surface area contributed by atoms with Crippen molar-refractivity contribution in [3.8, 4) is 0 Å². The zero-order chi connectivity index (χ0) is 9.97. The lowest BCUT2D eigenvalue weighted by molar-refractivity contribution is -0.124. The van der Waals surface area contributed by atoms with Crippen molar-refractivity contribution in [3.63, 3.8) is 0 Å². The summed E-state index contributed by atoms with van der Waals surface area (Å²) >= 11 is 0. The van der Waals surface area contributed by atoms with Gasteiger partial charge in [-0.2, -0.15) is 0 Å². The fraction of sp³-hybridized carbons (Fsp3) is 0.400. The second-order valence-electron chi connectivity index (χ2n) is 3.44. The maximum atomic E-state index is 11.2. The van der Waals surface area contributed by atoms with Gasteiger partial charge < -0.3 is 5.32 Å². The molecule has 0 radical (unpaired) electrons. The molecule has 0 bridgehead atoms. The normalized spacial score (nSPS) is 27.1. The van der Waals surface area contributed by atoms with E-state index < -0.39 is 0 Å². The second-order valence-corrected chi connectivity index (χ2v) is 3.44. The Balaban J connectivity index is 2.11. The molecule has 0 aromatic carbocycles. The first kappa shape index (κ1) is 9.15. The summed E-state index contributed by atoms with van der Waals surface area (Å²) in [6, 6.07) is 5.78. The van der Waals surface area contributed by atoms with E-state index >= 15 is 0 Å². The van der Waals surface area contributed by atoms with Crippen LogP contribution in [0.15, 0.2) is 24.4 Å². The number of hydrogen-bond donors (Lipinski definition) is 2. The summed E-state index contributed by atoms with van der Waals surface area (Å²) in [5, 5.41) is 6.05. The Labute approximate surface area is 82.7 Å². The second kappa shape index (κ2) is 3.75. The van der Waals surface area contributed by atoms with Crippen molar-refractivity contribution in [2.75, 3.05) is 6.54 Å². The number of piperazine rings is 1. The van der Waals surface area contributed by atoms with Gasteiger partial charge in [0, 0.05) is 12.7 Å². The van der Waals surface area contributed by atoms with Gasteiger partial charge >= 0.3 is 0 Å². The number of amides is 1. The number of nitrogens with one attached hydrogen (secondary N) is 2. The quantitative estimate of drug-likeness (QED) is 0.668. The van der Waals surface area contributed by atoms with Gasteiger partial charge in [0.05, 0.1) is 17.8 Å². The highest BCUT2D eigenvalue weighted by Gasteiger charge is 2.25. The molecule has 14 heavy (non-hydrogen) atoms. The minimum atomic E-state index is -0.143. The maximum Gasteiger partial charge on any atom is 0.236 e. The molecule has 1 unspecified atom stereocenters. The Morgan fingerprint density at radius 1 is 1.50 bits per heavy atom. The van der Waals surface area contributed by atoms with E-state index in [1.165, 1.54) is 0 Å². The van der Waals surface area contributed by atoms with Gasteiger partial charge in [-0.25, -0.2) is 0 Å². The Morgan fingerprint density at radius 3 is 3.00 bits per heavy atom. The fourth-order valence-corrected chi connectivity index (χ4v) is 1.56. The summed E-state index contributed by atoms with van der Waals surface area (Å²) < 4.78 is 0. The molecule has 1 aromatic rings. The van der Waals surface area contributed by atoms with Gasteiger partial charge in [-0.3, -0.25) is 15.1 Å². The van der Waals surface area contributed by atoms with Crippen LogP contribution in [0, 0.1) is 0 Å². The van der Waals surface area contributed by atoms with E-state index in [1.807, 2.05) is 25.1 Å². The number of hydrogen-bond acceptors (Lipinski definition) is 3. The van der Waals surface area contributed by atoms with Crippen molar-refractivity contribution < 1.29 is 4.79 Å². The lowest BCUT2D eigenvalue weighted by Gasteiger charge is -2.28. The minimum Gasteiger partial charge on any atom is -0.353 e. The molecule has 1 aliphatic rings. The Bertz CT molecular complexity index is 325. The highest BCUT2D eigenvalue weighted by molar-refractivity contribution is 5.82. The average Bonchev–Trinajstić information content (AvgIpc) is 2.23. The van der Waals surface area contributed by atoms with Gasteiger partial charge in [0.15, 0.2) is 0 Å². The van der Waals surface area contributed by atoms with Crippen molar-refractivity contribution in [2.45, 2.75) is 19.0 Å². The van der Waals surface area contributed by atoms with Crippen LogP contribution in [-0.2, 0) is 4.79 Å². The van der Waals surface area contributed by atoms with Gasteiger partial charge in [-0.05, 0) is 19.1 Å². The minimum absolute atomic E-state index is 0.0529. The molecule has 1 fully saturated rings. The summed E-state index contributed by atoms with van der Waals surface area (Å²) in [7, 11) is 0. The average molecular weight is 191 g/mol. The molecule has 0 spiro atoms. The van der Waals surface area contributed by atoms with Crippen LogP contribution in [0.4, 0.5) is 0 Å². The Hall–Kier alpha value is -1.42. The summed E-state index contributed by atoms with van der Waals surface area (Å²) in [5.41, 5.74) is 0.972. The molecular weight excluding hydrogens is 178 g/mol. The van der Waals surface area contributed by atoms with Crippen molar-refractivity contribution in [3.05, 3.63) is 30.1 Å². The molecule has 4 heteroatoms. The van der Waals surface area contributed by atoms with E-state index in [1.54, 1.807) is 6.20 Å². The van der Waals surface area contributed by atoms with E-state index in [4.69, 9.17) is 0 Å². The van der Waals surface area contributed by atoms with Crippen molar-refractivity contribution in [2.24, 2.45) is 0 Å². The van der Waals surface area contributed by atoms with Crippen LogP contribution in [-0.4, -0.2) is 23.5 Å². The predicted octanol–water partition coefficient (Wildman–Crippen LogP) is 0.231. The smallest absolute Gasteiger partial charge is 0.236 e. The molecule has 2 heterocycles. The van der Waals surface area contributed by atoms with Crippen LogP contribution in [0.25, 0.3) is 0 Å². The highest BCUT2D eigenvalue weighted by atomic mass is 16.2. The molecule has 2 N–H and O–H groups in total. The Morgan fingerprint density at radius 2 is 2.36 bits per heavy atom. The van der Waals surface area contributed by atoms with Crippen LogP contribution in [0.5, 0.6) is 0 Å². The first-order valence-electron chi connectivity index (χ1n) is 4.72. The third-order valence-corrected chi connectivity index (χ3v) is 2.37. The predicted molar refractivity (Wildman–Crippen MR) is 52.6 cm³/mol. The van der Waals surface area contributed by atoms with E-state index in [-0.39, 0.29) is 18.0 Å². The number of pyridine rings is 1. The molecule has 1 saturated heterocycles. The molecule has 0 saturated carbocycles. The van der Waals surface area contributed by atoms with E-state index in [0.717, 1.165) is 5.69 Å².